The van der Waals surface area contributed by atoms with Gasteiger partial charge in [-0.15, -0.1) is 0 Å². The molecule has 0 spiro atoms. The fourth-order valence-electron chi connectivity index (χ4n) is 2.48. The lowest BCUT2D eigenvalue weighted by Gasteiger charge is -2.36. The number of amides is 1. The second-order valence-corrected chi connectivity index (χ2v) is 4.88. The Morgan fingerprint density at radius 2 is 2.05 bits per heavy atom. The van der Waals surface area contributed by atoms with Gasteiger partial charge in [-0.05, 0) is 12.8 Å². The minimum absolute atomic E-state index is 0.147. The number of carboxylic acid groups (broad SMARTS) is 1. The summed E-state index contributed by atoms with van der Waals surface area (Å²) >= 11 is 0. The van der Waals surface area contributed by atoms with Crippen LogP contribution in [0.5, 0.6) is 0 Å². The van der Waals surface area contributed by atoms with E-state index in [-0.39, 0.29) is 18.0 Å². The highest BCUT2D eigenvalue weighted by Crippen LogP contribution is 2.28. The summed E-state index contributed by atoms with van der Waals surface area (Å²) in [6.07, 6.45) is 5.52. The van der Waals surface area contributed by atoms with E-state index in [0.717, 1.165) is 19.3 Å². The molecular weight excluding hydrogens is 250 g/mol. The monoisotopic (exact) mass is 267 g/mol. The fraction of sp³-hybridized carbons (Fsp3) is 0.583. The Morgan fingerprint density at radius 1 is 1.37 bits per heavy atom. The van der Waals surface area contributed by atoms with Gasteiger partial charge in [0.25, 0.3) is 5.91 Å². The number of carbonyl (C=O) groups is 2. The summed E-state index contributed by atoms with van der Waals surface area (Å²) in [7, 11) is 0. The van der Waals surface area contributed by atoms with Crippen LogP contribution in [0.1, 0.15) is 53.1 Å². The van der Waals surface area contributed by atoms with E-state index in [9.17, 15) is 14.7 Å². The van der Waals surface area contributed by atoms with Gasteiger partial charge in [0.2, 0.25) is 0 Å². The summed E-state index contributed by atoms with van der Waals surface area (Å²) in [4.78, 5) is 29.2. The summed E-state index contributed by atoms with van der Waals surface area (Å²) < 4.78 is 0. The first-order valence-corrected chi connectivity index (χ1v) is 6.28. The predicted octanol–water partition coefficient (Wildman–Crippen LogP) is 0.533. The highest BCUT2D eigenvalue weighted by atomic mass is 16.4. The maximum absolute atomic E-state index is 12.1. The Morgan fingerprint density at radius 3 is 2.63 bits per heavy atom. The van der Waals surface area contributed by atoms with Gasteiger partial charge in [0.1, 0.15) is 0 Å². The van der Waals surface area contributed by atoms with Gasteiger partial charge in [0, 0.05) is 0 Å². The zero-order chi connectivity index (χ0) is 13.9. The van der Waals surface area contributed by atoms with Crippen LogP contribution >= 0.6 is 0 Å². The molecule has 1 heterocycles. The van der Waals surface area contributed by atoms with Crippen LogP contribution in [0.15, 0.2) is 6.33 Å². The van der Waals surface area contributed by atoms with Crippen LogP contribution in [0.2, 0.25) is 0 Å². The summed E-state index contributed by atoms with van der Waals surface area (Å²) in [5.41, 5.74) is -1.03. The third kappa shape index (κ3) is 2.76. The van der Waals surface area contributed by atoms with Gasteiger partial charge in [-0.2, -0.15) is 0 Å². The van der Waals surface area contributed by atoms with Crippen molar-refractivity contribution < 1.29 is 19.8 Å². The molecule has 7 heteroatoms. The van der Waals surface area contributed by atoms with Crippen molar-refractivity contribution in [1.82, 2.24) is 15.3 Å². The van der Waals surface area contributed by atoms with Crippen LogP contribution < -0.4 is 5.32 Å². The minimum Gasteiger partial charge on any atom is -0.477 e. The molecule has 4 N–H and O–H groups in total. The molecule has 1 aromatic heterocycles. The van der Waals surface area contributed by atoms with Crippen molar-refractivity contribution in [2.75, 3.05) is 6.61 Å². The van der Waals surface area contributed by atoms with Gasteiger partial charge >= 0.3 is 5.97 Å². The van der Waals surface area contributed by atoms with Crippen molar-refractivity contribution in [3.8, 4) is 0 Å². The van der Waals surface area contributed by atoms with E-state index in [2.05, 4.69) is 15.3 Å². The second-order valence-electron chi connectivity index (χ2n) is 4.88. The average Bonchev–Trinajstić information content (AvgIpc) is 2.89. The molecule has 1 aromatic rings. The predicted molar refractivity (Wildman–Crippen MR) is 65.9 cm³/mol. The molecule has 7 nitrogen and oxygen atoms in total. The molecule has 0 unspecified atom stereocenters. The maximum atomic E-state index is 12.1. The van der Waals surface area contributed by atoms with Gasteiger partial charge in [0.15, 0.2) is 11.4 Å². The highest BCUT2D eigenvalue weighted by Gasteiger charge is 2.34. The normalized spacial score (nSPS) is 17.9. The molecule has 104 valence electrons. The number of carboxylic acids is 1. The molecular formula is C12H17N3O4. The van der Waals surface area contributed by atoms with Gasteiger partial charge < -0.3 is 20.5 Å². The number of aromatic carboxylic acids is 1. The zero-order valence-corrected chi connectivity index (χ0v) is 10.5. The maximum Gasteiger partial charge on any atom is 0.354 e. The summed E-state index contributed by atoms with van der Waals surface area (Å²) in [6, 6.07) is 0. The Kier molecular flexibility index (Phi) is 3.84. The van der Waals surface area contributed by atoms with Crippen LogP contribution in [0, 0.1) is 0 Å². The molecule has 1 fully saturated rings. The van der Waals surface area contributed by atoms with Crippen LogP contribution in [-0.2, 0) is 0 Å². The van der Waals surface area contributed by atoms with Crippen LogP contribution in [0.4, 0.5) is 0 Å². The first kappa shape index (κ1) is 13.5. The Balaban J connectivity index is 2.15. The molecule has 0 saturated heterocycles. The molecule has 1 aliphatic carbocycles. The summed E-state index contributed by atoms with van der Waals surface area (Å²) in [6.45, 7) is -0.147. The quantitative estimate of drug-likeness (QED) is 0.635. The molecule has 0 atom stereocenters. The largest absolute Gasteiger partial charge is 0.477 e. The number of aliphatic hydroxyl groups excluding tert-OH is 1. The molecule has 0 aliphatic heterocycles. The van der Waals surface area contributed by atoms with Gasteiger partial charge in [-0.1, -0.05) is 19.3 Å². The number of nitrogens with one attached hydrogen (secondary N) is 2. The third-order valence-electron chi connectivity index (χ3n) is 3.56. The molecule has 2 rings (SSSR count). The number of aliphatic hydroxyl groups is 1. The molecule has 0 aromatic carbocycles. The molecule has 0 bridgehead atoms. The number of rotatable bonds is 4. The third-order valence-corrected chi connectivity index (χ3v) is 3.56. The van der Waals surface area contributed by atoms with Crippen molar-refractivity contribution >= 4 is 11.9 Å². The fourth-order valence-corrected chi connectivity index (χ4v) is 2.48. The lowest BCUT2D eigenvalue weighted by Crippen LogP contribution is -2.52. The number of hydrogen-bond donors (Lipinski definition) is 4. The number of carbonyl (C=O) groups excluding carboxylic acids is 1. The molecule has 19 heavy (non-hydrogen) atoms. The van der Waals surface area contributed by atoms with E-state index in [0.29, 0.717) is 12.8 Å². The van der Waals surface area contributed by atoms with E-state index in [4.69, 9.17) is 5.11 Å². The number of aromatic amines is 1. The topological polar surface area (TPSA) is 115 Å². The van der Waals surface area contributed by atoms with E-state index in [1.165, 1.54) is 6.33 Å². The van der Waals surface area contributed by atoms with E-state index < -0.39 is 17.4 Å². The lowest BCUT2D eigenvalue weighted by molar-refractivity contribution is 0.0673. The average molecular weight is 267 g/mol. The van der Waals surface area contributed by atoms with Gasteiger partial charge in [-0.25, -0.2) is 9.78 Å². The number of H-pyrrole nitrogens is 1. The van der Waals surface area contributed by atoms with E-state index >= 15 is 0 Å². The number of hydrogen-bond acceptors (Lipinski definition) is 4. The van der Waals surface area contributed by atoms with Crippen LogP contribution in [0.3, 0.4) is 0 Å². The van der Waals surface area contributed by atoms with Crippen molar-refractivity contribution in [2.45, 2.75) is 37.6 Å². The van der Waals surface area contributed by atoms with Gasteiger partial charge in [0.05, 0.1) is 18.5 Å². The molecule has 1 saturated carbocycles. The SMILES string of the molecule is O=C(NC1(CO)CCCCC1)c1nc[nH]c1C(=O)O. The Labute approximate surface area is 110 Å². The first-order chi connectivity index (χ1) is 9.08. The van der Waals surface area contributed by atoms with Crippen molar-refractivity contribution in [1.29, 1.82) is 0 Å². The molecule has 0 radical (unpaired) electrons. The van der Waals surface area contributed by atoms with E-state index in [1.807, 2.05) is 0 Å². The number of nitrogens with zero attached hydrogens (tertiary/aromatic N) is 1. The lowest BCUT2D eigenvalue weighted by atomic mass is 9.82. The van der Waals surface area contributed by atoms with E-state index in [1.54, 1.807) is 0 Å². The van der Waals surface area contributed by atoms with Crippen LogP contribution in [-0.4, -0.2) is 44.2 Å². The zero-order valence-electron chi connectivity index (χ0n) is 10.5. The summed E-state index contributed by atoms with van der Waals surface area (Å²) in [5.74, 6) is -1.79. The molecule has 1 amide bonds. The van der Waals surface area contributed by atoms with Crippen molar-refractivity contribution in [2.24, 2.45) is 0 Å². The van der Waals surface area contributed by atoms with Crippen LogP contribution in [0.25, 0.3) is 0 Å². The smallest absolute Gasteiger partial charge is 0.354 e. The Hall–Kier alpha value is -1.89. The minimum atomic E-state index is -1.23. The van der Waals surface area contributed by atoms with Crippen molar-refractivity contribution in [3.63, 3.8) is 0 Å². The highest BCUT2D eigenvalue weighted by molar-refractivity contribution is 6.02. The molecule has 1 aliphatic rings. The van der Waals surface area contributed by atoms with Crippen molar-refractivity contribution in [3.05, 3.63) is 17.7 Å². The Bertz CT molecular complexity index is 477. The standard InChI is InChI=1S/C12H17N3O4/c16-6-12(4-2-1-3-5-12)15-10(17)8-9(11(18)19)14-7-13-8/h7,16H,1-6H2,(H,13,14)(H,15,17)(H,18,19). The second kappa shape index (κ2) is 5.40. The first-order valence-electron chi connectivity index (χ1n) is 6.28. The summed E-state index contributed by atoms with van der Waals surface area (Å²) in [5, 5.41) is 21.2. The van der Waals surface area contributed by atoms with Gasteiger partial charge in [-0.3, -0.25) is 4.79 Å². The number of imidazole rings is 1. The number of aromatic nitrogens is 2.